The van der Waals surface area contributed by atoms with Crippen LogP contribution in [-0.2, 0) is 11.3 Å². The number of aryl methyl sites for hydroxylation is 1. The summed E-state index contributed by atoms with van der Waals surface area (Å²) in [5.74, 6) is 0.0686. The molecule has 3 rings (SSSR count). The van der Waals surface area contributed by atoms with E-state index in [1.165, 1.54) is 12.1 Å². The number of hydrogen-bond acceptors (Lipinski definition) is 6. The van der Waals surface area contributed by atoms with Crippen molar-refractivity contribution in [1.29, 1.82) is 0 Å². The maximum absolute atomic E-state index is 12.0. The Labute approximate surface area is 143 Å². The van der Waals surface area contributed by atoms with E-state index in [-0.39, 0.29) is 23.7 Å². The van der Waals surface area contributed by atoms with Gasteiger partial charge < -0.3 is 15.0 Å². The first-order valence-electron chi connectivity index (χ1n) is 7.15. The average molecular weight is 344 g/mol. The molecule has 0 fully saturated rings. The van der Waals surface area contributed by atoms with Gasteiger partial charge >= 0.3 is 5.97 Å². The highest BCUT2D eigenvalue weighted by atomic mass is 35.5. The number of nitrogen functional groups attached to an aromatic ring is 1. The van der Waals surface area contributed by atoms with Crippen LogP contribution in [0.4, 0.5) is 5.69 Å². The van der Waals surface area contributed by atoms with Gasteiger partial charge in [0.25, 0.3) is 5.89 Å². The largest absolute Gasteiger partial charge is 0.452 e. The van der Waals surface area contributed by atoms with Gasteiger partial charge in [0.15, 0.2) is 6.61 Å². The minimum Gasteiger partial charge on any atom is -0.452 e. The minimum absolute atomic E-state index is 0.139. The number of esters is 1. The van der Waals surface area contributed by atoms with E-state index in [1.54, 1.807) is 6.07 Å². The van der Waals surface area contributed by atoms with E-state index in [9.17, 15) is 4.79 Å². The Bertz CT molecular complexity index is 892. The lowest BCUT2D eigenvalue weighted by atomic mass is 10.1. The second-order valence-electron chi connectivity index (χ2n) is 5.13. The molecule has 0 unspecified atom stereocenters. The lowest BCUT2D eigenvalue weighted by Crippen LogP contribution is -2.08. The van der Waals surface area contributed by atoms with E-state index in [1.807, 2.05) is 31.2 Å². The molecule has 1 heterocycles. The fourth-order valence-electron chi connectivity index (χ4n) is 2.17. The van der Waals surface area contributed by atoms with Crippen LogP contribution in [0.15, 0.2) is 47.0 Å². The van der Waals surface area contributed by atoms with Crippen molar-refractivity contribution >= 4 is 23.3 Å². The van der Waals surface area contributed by atoms with E-state index in [4.69, 9.17) is 26.6 Å². The first-order valence-corrected chi connectivity index (χ1v) is 7.53. The number of rotatable bonds is 4. The summed E-state index contributed by atoms with van der Waals surface area (Å²) in [6.45, 7) is 1.81. The van der Waals surface area contributed by atoms with Crippen molar-refractivity contribution in [3.8, 4) is 11.4 Å². The molecule has 7 heteroatoms. The van der Waals surface area contributed by atoms with E-state index in [2.05, 4.69) is 10.1 Å². The molecule has 2 N–H and O–H groups in total. The third-order valence-corrected chi connectivity index (χ3v) is 3.65. The predicted molar refractivity (Wildman–Crippen MR) is 89.5 cm³/mol. The molecule has 0 amide bonds. The molecule has 0 aliphatic rings. The summed E-state index contributed by atoms with van der Waals surface area (Å²) in [5.41, 5.74) is 8.12. The Hall–Kier alpha value is -2.86. The zero-order valence-electron chi connectivity index (χ0n) is 12.8. The zero-order chi connectivity index (χ0) is 17.1. The van der Waals surface area contributed by atoms with Crippen molar-refractivity contribution in [3.05, 3.63) is 64.5 Å². The highest BCUT2D eigenvalue weighted by molar-refractivity contribution is 6.31. The molecule has 0 bridgehead atoms. The molecule has 0 spiro atoms. The lowest BCUT2D eigenvalue weighted by molar-refractivity contribution is 0.0431. The maximum atomic E-state index is 12.0. The summed E-state index contributed by atoms with van der Waals surface area (Å²) >= 11 is 5.80. The molecule has 0 radical (unpaired) electrons. The van der Waals surface area contributed by atoms with Crippen molar-refractivity contribution in [3.63, 3.8) is 0 Å². The normalized spacial score (nSPS) is 10.6. The number of carbonyl (C=O) groups is 1. The summed E-state index contributed by atoms with van der Waals surface area (Å²) in [6, 6.07) is 12.2. The van der Waals surface area contributed by atoms with Crippen molar-refractivity contribution in [1.82, 2.24) is 10.1 Å². The van der Waals surface area contributed by atoms with Gasteiger partial charge in [-0.25, -0.2) is 4.79 Å². The Balaban J connectivity index is 1.69. The van der Waals surface area contributed by atoms with Crippen LogP contribution < -0.4 is 5.73 Å². The fraction of sp³-hybridized carbons (Fsp3) is 0.118. The Kier molecular flexibility index (Phi) is 4.48. The Morgan fingerprint density at radius 1 is 1.29 bits per heavy atom. The SMILES string of the molecule is Cc1ccccc1-c1noc(COC(=O)c2ccc(Cl)cc2N)n1. The van der Waals surface area contributed by atoms with E-state index in [0.717, 1.165) is 11.1 Å². The van der Waals surface area contributed by atoms with Crippen LogP contribution in [0.5, 0.6) is 0 Å². The number of aromatic nitrogens is 2. The second-order valence-corrected chi connectivity index (χ2v) is 5.57. The van der Waals surface area contributed by atoms with Crippen LogP contribution in [0.1, 0.15) is 21.8 Å². The first-order chi connectivity index (χ1) is 11.5. The molecule has 2 aromatic carbocycles. The van der Waals surface area contributed by atoms with Crippen LogP contribution >= 0.6 is 11.6 Å². The van der Waals surface area contributed by atoms with Gasteiger partial charge in [-0.3, -0.25) is 0 Å². The summed E-state index contributed by atoms with van der Waals surface area (Å²) in [5, 5.41) is 4.36. The number of hydrogen-bond donors (Lipinski definition) is 1. The molecule has 122 valence electrons. The Morgan fingerprint density at radius 3 is 2.83 bits per heavy atom. The number of nitrogens with two attached hydrogens (primary N) is 1. The molecule has 0 saturated carbocycles. The van der Waals surface area contributed by atoms with Crippen molar-refractivity contribution in [2.45, 2.75) is 13.5 Å². The van der Waals surface area contributed by atoms with Crippen LogP contribution in [0.3, 0.4) is 0 Å². The fourth-order valence-corrected chi connectivity index (χ4v) is 2.35. The summed E-state index contributed by atoms with van der Waals surface area (Å²) in [7, 11) is 0. The molecule has 6 nitrogen and oxygen atoms in total. The molecule has 0 saturated heterocycles. The number of benzene rings is 2. The molecular formula is C17H14ClN3O3. The smallest absolute Gasteiger partial charge is 0.340 e. The summed E-state index contributed by atoms with van der Waals surface area (Å²) in [4.78, 5) is 16.3. The van der Waals surface area contributed by atoms with Gasteiger partial charge in [0, 0.05) is 16.3 Å². The van der Waals surface area contributed by atoms with Gasteiger partial charge in [-0.1, -0.05) is 41.0 Å². The number of anilines is 1. The summed E-state index contributed by atoms with van der Waals surface area (Å²) < 4.78 is 10.3. The molecule has 24 heavy (non-hydrogen) atoms. The van der Waals surface area contributed by atoms with Gasteiger partial charge in [0.2, 0.25) is 5.82 Å². The topological polar surface area (TPSA) is 91.2 Å². The number of nitrogens with zero attached hydrogens (tertiary/aromatic N) is 2. The third-order valence-electron chi connectivity index (χ3n) is 3.41. The van der Waals surface area contributed by atoms with E-state index < -0.39 is 5.97 Å². The van der Waals surface area contributed by atoms with Crippen molar-refractivity contribution in [2.24, 2.45) is 0 Å². The molecule has 3 aromatic rings. The van der Waals surface area contributed by atoms with Gasteiger partial charge in [0.1, 0.15) is 0 Å². The monoisotopic (exact) mass is 343 g/mol. The molecule has 1 aromatic heterocycles. The quantitative estimate of drug-likeness (QED) is 0.574. The second kappa shape index (κ2) is 6.72. The number of halogens is 1. The van der Waals surface area contributed by atoms with Crippen molar-refractivity contribution < 1.29 is 14.1 Å². The van der Waals surface area contributed by atoms with Crippen LogP contribution in [0.2, 0.25) is 5.02 Å². The zero-order valence-corrected chi connectivity index (χ0v) is 13.6. The maximum Gasteiger partial charge on any atom is 0.340 e. The van der Waals surface area contributed by atoms with Crippen molar-refractivity contribution in [2.75, 3.05) is 5.73 Å². The number of ether oxygens (including phenoxy) is 1. The van der Waals surface area contributed by atoms with Crippen LogP contribution in [0, 0.1) is 6.92 Å². The Morgan fingerprint density at radius 2 is 2.08 bits per heavy atom. The van der Waals surface area contributed by atoms with E-state index >= 15 is 0 Å². The lowest BCUT2D eigenvalue weighted by Gasteiger charge is -2.05. The highest BCUT2D eigenvalue weighted by Crippen LogP contribution is 2.21. The third kappa shape index (κ3) is 3.38. The first kappa shape index (κ1) is 16.0. The number of carbonyl (C=O) groups excluding carboxylic acids is 1. The molecular weight excluding hydrogens is 330 g/mol. The minimum atomic E-state index is -0.584. The predicted octanol–water partition coefficient (Wildman–Crippen LogP) is 3.64. The molecule has 0 atom stereocenters. The van der Waals surface area contributed by atoms with Gasteiger partial charge in [-0.05, 0) is 30.7 Å². The standard InChI is InChI=1S/C17H14ClN3O3/c1-10-4-2-3-5-12(10)16-20-15(24-21-16)9-23-17(22)13-7-6-11(18)8-14(13)19/h2-8H,9,19H2,1H3. The molecule has 0 aliphatic heterocycles. The average Bonchev–Trinajstić information content (AvgIpc) is 3.02. The highest BCUT2D eigenvalue weighted by Gasteiger charge is 2.15. The van der Waals surface area contributed by atoms with Crippen LogP contribution in [-0.4, -0.2) is 16.1 Å². The van der Waals surface area contributed by atoms with Gasteiger partial charge in [-0.15, -0.1) is 0 Å². The molecule has 0 aliphatic carbocycles. The van der Waals surface area contributed by atoms with Crippen LogP contribution in [0.25, 0.3) is 11.4 Å². The van der Waals surface area contributed by atoms with Gasteiger partial charge in [0.05, 0.1) is 5.56 Å². The van der Waals surface area contributed by atoms with E-state index in [0.29, 0.717) is 10.8 Å². The summed E-state index contributed by atoms with van der Waals surface area (Å²) in [6.07, 6.45) is 0. The van der Waals surface area contributed by atoms with Gasteiger partial charge in [-0.2, -0.15) is 4.98 Å².